The molecule has 0 amide bonds. The van der Waals surface area contributed by atoms with E-state index in [9.17, 15) is 9.59 Å². The van der Waals surface area contributed by atoms with Crippen LogP contribution in [-0.2, 0) is 14.3 Å². The summed E-state index contributed by atoms with van der Waals surface area (Å²) in [6.07, 6.45) is 4.06. The summed E-state index contributed by atoms with van der Waals surface area (Å²) in [5.74, 6) is 0.311. The molecule has 1 rings (SSSR count). The lowest BCUT2D eigenvalue weighted by Gasteiger charge is -2.36. The van der Waals surface area contributed by atoms with Crippen LogP contribution in [0.1, 0.15) is 46.0 Å². The molecule has 1 saturated carbocycles. The second-order valence-corrected chi connectivity index (χ2v) is 4.51. The third-order valence-electron chi connectivity index (χ3n) is 3.81. The van der Waals surface area contributed by atoms with Crippen molar-refractivity contribution in [2.24, 2.45) is 11.3 Å². The SMILES string of the molecule is CC[C@]1(C(=O)OC)CC[C@H](C(C)=O)CC1. The zero-order valence-electron chi connectivity index (χ0n) is 9.84. The molecule has 3 heteroatoms. The average Bonchev–Trinajstić information content (AvgIpc) is 2.27. The number of carbonyl (C=O) groups is 2. The highest BCUT2D eigenvalue weighted by Gasteiger charge is 2.41. The van der Waals surface area contributed by atoms with E-state index >= 15 is 0 Å². The Kier molecular flexibility index (Phi) is 3.89. The van der Waals surface area contributed by atoms with E-state index in [1.54, 1.807) is 6.92 Å². The van der Waals surface area contributed by atoms with Crippen molar-refractivity contribution in [3.8, 4) is 0 Å². The maximum Gasteiger partial charge on any atom is 0.311 e. The van der Waals surface area contributed by atoms with Gasteiger partial charge >= 0.3 is 5.97 Å². The van der Waals surface area contributed by atoms with E-state index in [0.29, 0.717) is 0 Å². The lowest BCUT2D eigenvalue weighted by molar-refractivity contribution is -0.156. The van der Waals surface area contributed by atoms with Crippen LogP contribution in [0.2, 0.25) is 0 Å². The fraction of sp³-hybridized carbons (Fsp3) is 0.833. The lowest BCUT2D eigenvalue weighted by atomic mass is 9.68. The first-order valence-corrected chi connectivity index (χ1v) is 5.64. The van der Waals surface area contributed by atoms with E-state index in [0.717, 1.165) is 32.1 Å². The van der Waals surface area contributed by atoms with E-state index in [4.69, 9.17) is 4.74 Å². The predicted octanol–water partition coefficient (Wildman–Crippen LogP) is 2.33. The summed E-state index contributed by atoms with van der Waals surface area (Å²) in [6, 6.07) is 0. The Labute approximate surface area is 91.2 Å². The Morgan fingerprint density at radius 1 is 1.33 bits per heavy atom. The zero-order chi connectivity index (χ0) is 11.5. The Balaban J connectivity index is 2.66. The van der Waals surface area contributed by atoms with Crippen LogP contribution in [0.5, 0.6) is 0 Å². The molecule has 15 heavy (non-hydrogen) atoms. The van der Waals surface area contributed by atoms with E-state index in [2.05, 4.69) is 0 Å². The number of ketones is 1. The monoisotopic (exact) mass is 212 g/mol. The van der Waals surface area contributed by atoms with E-state index in [1.165, 1.54) is 7.11 Å². The van der Waals surface area contributed by atoms with E-state index < -0.39 is 0 Å². The van der Waals surface area contributed by atoms with Gasteiger partial charge in [0.15, 0.2) is 0 Å². The molecule has 0 radical (unpaired) electrons. The third-order valence-corrected chi connectivity index (χ3v) is 3.81. The molecule has 3 nitrogen and oxygen atoms in total. The van der Waals surface area contributed by atoms with Gasteiger partial charge in [0.05, 0.1) is 12.5 Å². The van der Waals surface area contributed by atoms with Crippen molar-refractivity contribution in [3.05, 3.63) is 0 Å². The molecule has 0 heterocycles. The number of ether oxygens (including phenoxy) is 1. The second-order valence-electron chi connectivity index (χ2n) is 4.51. The average molecular weight is 212 g/mol. The summed E-state index contributed by atoms with van der Waals surface area (Å²) in [5.41, 5.74) is -0.319. The summed E-state index contributed by atoms with van der Waals surface area (Å²) < 4.78 is 4.86. The Morgan fingerprint density at radius 2 is 1.87 bits per heavy atom. The fourth-order valence-electron chi connectivity index (χ4n) is 2.50. The number of esters is 1. The third kappa shape index (κ3) is 2.39. The molecule has 0 bridgehead atoms. The van der Waals surface area contributed by atoms with Crippen LogP contribution in [0.4, 0.5) is 0 Å². The maximum atomic E-state index is 11.7. The van der Waals surface area contributed by atoms with Crippen LogP contribution >= 0.6 is 0 Å². The molecule has 0 aromatic carbocycles. The highest BCUT2D eigenvalue weighted by Crippen LogP contribution is 2.42. The van der Waals surface area contributed by atoms with Crippen LogP contribution in [0.15, 0.2) is 0 Å². The molecule has 0 aliphatic heterocycles. The first-order chi connectivity index (χ1) is 7.05. The van der Waals surface area contributed by atoms with Crippen LogP contribution in [0, 0.1) is 11.3 Å². The molecule has 0 aromatic rings. The minimum absolute atomic E-state index is 0.105. The molecule has 1 aliphatic rings. The predicted molar refractivity (Wildman–Crippen MR) is 57.4 cm³/mol. The first-order valence-electron chi connectivity index (χ1n) is 5.64. The van der Waals surface area contributed by atoms with Gasteiger partial charge in [-0.05, 0) is 39.0 Å². The van der Waals surface area contributed by atoms with Crippen LogP contribution < -0.4 is 0 Å². The van der Waals surface area contributed by atoms with Crippen molar-refractivity contribution in [2.45, 2.75) is 46.0 Å². The highest BCUT2D eigenvalue weighted by atomic mass is 16.5. The summed E-state index contributed by atoms with van der Waals surface area (Å²) >= 11 is 0. The van der Waals surface area contributed by atoms with Gasteiger partial charge in [0.1, 0.15) is 5.78 Å². The molecule has 1 aliphatic carbocycles. The van der Waals surface area contributed by atoms with Gasteiger partial charge in [0, 0.05) is 5.92 Å². The zero-order valence-corrected chi connectivity index (χ0v) is 9.84. The van der Waals surface area contributed by atoms with E-state index in [1.807, 2.05) is 6.92 Å². The molecule has 0 atom stereocenters. The van der Waals surface area contributed by atoms with Gasteiger partial charge < -0.3 is 4.74 Å². The quantitative estimate of drug-likeness (QED) is 0.674. The first kappa shape index (κ1) is 12.2. The van der Waals surface area contributed by atoms with Crippen molar-refractivity contribution in [2.75, 3.05) is 7.11 Å². The van der Waals surface area contributed by atoms with Gasteiger partial charge in [-0.2, -0.15) is 0 Å². The Hall–Kier alpha value is -0.860. The van der Waals surface area contributed by atoms with Crippen molar-refractivity contribution in [3.63, 3.8) is 0 Å². The van der Waals surface area contributed by atoms with Crippen molar-refractivity contribution < 1.29 is 14.3 Å². The van der Waals surface area contributed by atoms with Gasteiger partial charge in [0.2, 0.25) is 0 Å². The largest absolute Gasteiger partial charge is 0.469 e. The molecule has 1 fully saturated rings. The molecular weight excluding hydrogens is 192 g/mol. The molecular formula is C12H20O3. The van der Waals surface area contributed by atoms with Crippen molar-refractivity contribution in [1.82, 2.24) is 0 Å². The maximum absolute atomic E-state index is 11.7. The molecule has 86 valence electrons. The standard InChI is InChI=1S/C12H20O3/c1-4-12(11(14)15-3)7-5-10(6-8-12)9(2)13/h10H,4-8H2,1-3H3/t10-,12-. The van der Waals surface area contributed by atoms with Gasteiger partial charge in [-0.1, -0.05) is 6.92 Å². The Morgan fingerprint density at radius 3 is 2.20 bits per heavy atom. The fourth-order valence-corrected chi connectivity index (χ4v) is 2.50. The number of hydrogen-bond donors (Lipinski definition) is 0. The minimum atomic E-state index is -0.319. The van der Waals surface area contributed by atoms with Crippen LogP contribution in [-0.4, -0.2) is 18.9 Å². The molecule has 0 spiro atoms. The number of carbonyl (C=O) groups excluding carboxylic acids is 2. The van der Waals surface area contributed by atoms with Gasteiger partial charge in [-0.25, -0.2) is 0 Å². The minimum Gasteiger partial charge on any atom is -0.469 e. The molecule has 0 unspecified atom stereocenters. The number of rotatable bonds is 3. The van der Waals surface area contributed by atoms with Crippen LogP contribution in [0.25, 0.3) is 0 Å². The summed E-state index contributed by atoms with van der Waals surface area (Å²) in [7, 11) is 1.44. The Bertz CT molecular complexity index is 250. The number of Topliss-reactive ketones (excluding diaryl/α,β-unsaturated/α-hetero) is 1. The molecule has 0 N–H and O–H groups in total. The van der Waals surface area contributed by atoms with Crippen molar-refractivity contribution in [1.29, 1.82) is 0 Å². The highest BCUT2D eigenvalue weighted by molar-refractivity contribution is 5.80. The summed E-state index contributed by atoms with van der Waals surface area (Å²) in [6.45, 7) is 3.66. The summed E-state index contributed by atoms with van der Waals surface area (Å²) in [5, 5.41) is 0. The van der Waals surface area contributed by atoms with Crippen molar-refractivity contribution >= 4 is 11.8 Å². The number of methoxy groups -OCH3 is 1. The smallest absolute Gasteiger partial charge is 0.311 e. The summed E-state index contributed by atoms with van der Waals surface area (Å²) in [4.78, 5) is 22.9. The van der Waals surface area contributed by atoms with Gasteiger partial charge in [-0.3, -0.25) is 9.59 Å². The van der Waals surface area contributed by atoms with Gasteiger partial charge in [0.25, 0.3) is 0 Å². The van der Waals surface area contributed by atoms with Crippen LogP contribution in [0.3, 0.4) is 0 Å². The normalized spacial score (nSPS) is 31.0. The number of hydrogen-bond acceptors (Lipinski definition) is 3. The second kappa shape index (κ2) is 4.77. The van der Waals surface area contributed by atoms with E-state index in [-0.39, 0.29) is 23.1 Å². The molecule has 0 saturated heterocycles. The topological polar surface area (TPSA) is 43.4 Å². The van der Waals surface area contributed by atoms with Gasteiger partial charge in [-0.15, -0.1) is 0 Å². The molecule has 0 aromatic heterocycles. The lowest BCUT2D eigenvalue weighted by Crippen LogP contribution is -2.37.